The van der Waals surface area contributed by atoms with Gasteiger partial charge < -0.3 is 11.1 Å². The van der Waals surface area contributed by atoms with E-state index in [2.05, 4.69) is 21.2 Å². The number of hydrogen-bond acceptors (Lipinski definition) is 2. The molecule has 0 aliphatic heterocycles. The molecule has 0 atom stereocenters. The molecule has 2 aromatic carbocycles. The van der Waals surface area contributed by atoms with Crippen LogP contribution >= 0.6 is 39.7 Å². The van der Waals surface area contributed by atoms with Crippen LogP contribution in [0.1, 0.15) is 11.1 Å². The van der Waals surface area contributed by atoms with Crippen LogP contribution in [0.3, 0.4) is 0 Å². The van der Waals surface area contributed by atoms with Crippen molar-refractivity contribution in [1.29, 1.82) is 0 Å². The van der Waals surface area contributed by atoms with Crippen LogP contribution in [0.5, 0.6) is 0 Å². The SMILES string of the molecule is NC(=S)c1cc(Br)ccc1NCc1ccccc1Cl. The average molecular weight is 356 g/mol. The predicted octanol–water partition coefficient (Wildman–Crippen LogP) is 4.35. The van der Waals surface area contributed by atoms with E-state index in [9.17, 15) is 0 Å². The van der Waals surface area contributed by atoms with E-state index in [1.54, 1.807) is 0 Å². The Morgan fingerprint density at radius 2 is 2.00 bits per heavy atom. The minimum absolute atomic E-state index is 0.364. The Hall–Kier alpha value is -1.10. The molecule has 0 spiro atoms. The lowest BCUT2D eigenvalue weighted by molar-refractivity contribution is 1.15. The van der Waals surface area contributed by atoms with Gasteiger partial charge in [0.1, 0.15) is 4.99 Å². The van der Waals surface area contributed by atoms with E-state index in [4.69, 9.17) is 29.6 Å². The molecule has 19 heavy (non-hydrogen) atoms. The topological polar surface area (TPSA) is 38.0 Å². The molecule has 2 rings (SSSR count). The minimum atomic E-state index is 0.364. The third-order valence-corrected chi connectivity index (χ3v) is 3.76. The number of rotatable bonds is 4. The molecule has 0 heterocycles. The molecule has 98 valence electrons. The molecule has 5 heteroatoms. The molecule has 0 unspecified atom stereocenters. The van der Waals surface area contributed by atoms with E-state index in [0.29, 0.717) is 11.5 Å². The van der Waals surface area contributed by atoms with Crippen LogP contribution in [0, 0.1) is 0 Å². The van der Waals surface area contributed by atoms with Crippen LogP contribution in [0.4, 0.5) is 5.69 Å². The van der Waals surface area contributed by atoms with Crippen molar-refractivity contribution < 1.29 is 0 Å². The quantitative estimate of drug-likeness (QED) is 0.801. The third kappa shape index (κ3) is 3.69. The Bertz CT molecular complexity index is 616. The van der Waals surface area contributed by atoms with Gasteiger partial charge in [-0.2, -0.15) is 0 Å². The third-order valence-electron chi connectivity index (χ3n) is 2.67. The Morgan fingerprint density at radius 1 is 1.26 bits per heavy atom. The molecule has 2 aromatic rings. The Labute approximate surface area is 131 Å². The van der Waals surface area contributed by atoms with Gasteiger partial charge >= 0.3 is 0 Å². The van der Waals surface area contributed by atoms with Crippen molar-refractivity contribution in [3.8, 4) is 0 Å². The minimum Gasteiger partial charge on any atom is -0.389 e. The molecule has 0 saturated carbocycles. The maximum Gasteiger partial charge on any atom is 0.106 e. The van der Waals surface area contributed by atoms with E-state index in [1.807, 2.05) is 42.5 Å². The van der Waals surface area contributed by atoms with Gasteiger partial charge in [-0.25, -0.2) is 0 Å². The molecule has 0 bridgehead atoms. The van der Waals surface area contributed by atoms with Crippen LogP contribution in [0.25, 0.3) is 0 Å². The summed E-state index contributed by atoms with van der Waals surface area (Å²) in [6.45, 7) is 0.622. The second kappa shape index (κ2) is 6.37. The number of nitrogens with two attached hydrogens (primary N) is 1. The first-order chi connectivity index (χ1) is 9.08. The Kier molecular flexibility index (Phi) is 4.80. The number of thiocarbonyl (C=S) groups is 1. The van der Waals surface area contributed by atoms with Gasteiger partial charge in [-0.1, -0.05) is 57.9 Å². The molecule has 0 aliphatic carbocycles. The van der Waals surface area contributed by atoms with Crippen molar-refractivity contribution in [2.24, 2.45) is 5.73 Å². The van der Waals surface area contributed by atoms with Crippen molar-refractivity contribution in [2.75, 3.05) is 5.32 Å². The van der Waals surface area contributed by atoms with Gasteiger partial charge in [0.25, 0.3) is 0 Å². The molecular weight excluding hydrogens is 344 g/mol. The molecule has 0 fully saturated rings. The fourth-order valence-corrected chi connectivity index (χ4v) is 2.44. The molecule has 0 aliphatic rings. The first kappa shape index (κ1) is 14.3. The lowest BCUT2D eigenvalue weighted by Crippen LogP contribution is -2.13. The molecule has 0 saturated heterocycles. The smallest absolute Gasteiger partial charge is 0.106 e. The van der Waals surface area contributed by atoms with Gasteiger partial charge in [0.15, 0.2) is 0 Å². The van der Waals surface area contributed by atoms with Gasteiger partial charge in [0.2, 0.25) is 0 Å². The fourth-order valence-electron chi connectivity index (χ4n) is 1.71. The highest BCUT2D eigenvalue weighted by molar-refractivity contribution is 9.10. The second-order valence-corrected chi connectivity index (χ2v) is 5.76. The van der Waals surface area contributed by atoms with Crippen LogP contribution < -0.4 is 11.1 Å². The molecule has 3 N–H and O–H groups in total. The maximum absolute atomic E-state index is 6.12. The van der Waals surface area contributed by atoms with Gasteiger partial charge in [0.05, 0.1) is 0 Å². The summed E-state index contributed by atoms with van der Waals surface area (Å²) < 4.78 is 0.943. The monoisotopic (exact) mass is 354 g/mol. The van der Waals surface area contributed by atoms with Crippen molar-refractivity contribution in [2.45, 2.75) is 6.54 Å². The van der Waals surface area contributed by atoms with Crippen molar-refractivity contribution in [3.63, 3.8) is 0 Å². The highest BCUT2D eigenvalue weighted by atomic mass is 79.9. The summed E-state index contributed by atoms with van der Waals surface area (Å²) in [7, 11) is 0. The van der Waals surface area contributed by atoms with Gasteiger partial charge in [-0.05, 0) is 29.8 Å². The Balaban J connectivity index is 2.20. The number of hydrogen-bond donors (Lipinski definition) is 2. The second-order valence-electron chi connectivity index (χ2n) is 4.00. The lowest BCUT2D eigenvalue weighted by atomic mass is 10.1. The predicted molar refractivity (Wildman–Crippen MR) is 88.8 cm³/mol. The van der Waals surface area contributed by atoms with Crippen LogP contribution in [0.15, 0.2) is 46.9 Å². The molecule has 0 amide bonds. The summed E-state index contributed by atoms with van der Waals surface area (Å²) in [6.07, 6.45) is 0. The highest BCUT2D eigenvalue weighted by Crippen LogP contribution is 2.23. The summed E-state index contributed by atoms with van der Waals surface area (Å²) in [5.74, 6) is 0. The zero-order valence-electron chi connectivity index (χ0n) is 9.99. The van der Waals surface area contributed by atoms with Crippen molar-refractivity contribution in [1.82, 2.24) is 0 Å². The van der Waals surface area contributed by atoms with E-state index in [1.165, 1.54) is 0 Å². The highest BCUT2D eigenvalue weighted by Gasteiger charge is 2.06. The molecule has 0 radical (unpaired) electrons. The van der Waals surface area contributed by atoms with Crippen LogP contribution in [0.2, 0.25) is 5.02 Å². The zero-order valence-corrected chi connectivity index (χ0v) is 13.1. The molecular formula is C14H12BrClN2S. The van der Waals surface area contributed by atoms with Crippen molar-refractivity contribution >= 4 is 50.4 Å². The number of halogens is 2. The first-order valence-corrected chi connectivity index (χ1v) is 7.22. The number of nitrogens with one attached hydrogen (secondary N) is 1. The number of benzene rings is 2. The van der Waals surface area contributed by atoms with Gasteiger partial charge in [-0.15, -0.1) is 0 Å². The van der Waals surface area contributed by atoms with Gasteiger partial charge in [0, 0.05) is 27.3 Å². The van der Waals surface area contributed by atoms with Crippen LogP contribution in [-0.4, -0.2) is 4.99 Å². The van der Waals surface area contributed by atoms with Gasteiger partial charge in [-0.3, -0.25) is 0 Å². The zero-order chi connectivity index (χ0) is 13.8. The number of anilines is 1. The van der Waals surface area contributed by atoms with E-state index in [-0.39, 0.29) is 0 Å². The van der Waals surface area contributed by atoms with Crippen molar-refractivity contribution in [3.05, 3.63) is 63.1 Å². The summed E-state index contributed by atoms with van der Waals surface area (Å²) >= 11 is 14.6. The summed E-state index contributed by atoms with van der Waals surface area (Å²) in [5.41, 5.74) is 8.47. The standard InChI is InChI=1S/C14H12BrClN2S/c15-10-5-6-13(11(7-10)14(17)19)18-8-9-3-1-2-4-12(9)16/h1-7,18H,8H2,(H2,17,19). The fraction of sp³-hybridized carbons (Fsp3) is 0.0714. The molecule has 0 aromatic heterocycles. The largest absolute Gasteiger partial charge is 0.389 e. The maximum atomic E-state index is 6.12. The van der Waals surface area contributed by atoms with E-state index >= 15 is 0 Å². The average Bonchev–Trinajstić information content (AvgIpc) is 2.38. The first-order valence-electron chi connectivity index (χ1n) is 5.64. The van der Waals surface area contributed by atoms with Crippen LogP contribution in [-0.2, 0) is 6.54 Å². The summed E-state index contributed by atoms with van der Waals surface area (Å²) in [5, 5.41) is 4.05. The normalized spacial score (nSPS) is 10.2. The molecule has 2 nitrogen and oxygen atoms in total. The summed E-state index contributed by atoms with van der Waals surface area (Å²) in [4.78, 5) is 0.364. The summed E-state index contributed by atoms with van der Waals surface area (Å²) in [6, 6.07) is 13.5. The van der Waals surface area contributed by atoms with E-state index in [0.717, 1.165) is 26.3 Å². The Morgan fingerprint density at radius 3 is 2.68 bits per heavy atom. The van der Waals surface area contributed by atoms with E-state index < -0.39 is 0 Å². The lowest BCUT2D eigenvalue weighted by Gasteiger charge is -2.12.